The van der Waals surface area contributed by atoms with Crippen LogP contribution in [0.3, 0.4) is 0 Å². The molecule has 0 radical (unpaired) electrons. The highest BCUT2D eigenvalue weighted by Gasteiger charge is 2.09. The minimum atomic E-state index is -0.00841. The van der Waals surface area contributed by atoms with Crippen LogP contribution in [0.5, 0.6) is 0 Å². The van der Waals surface area contributed by atoms with E-state index < -0.39 is 0 Å². The van der Waals surface area contributed by atoms with E-state index in [1.165, 1.54) is 5.56 Å². The standard InChI is InChI=1S/C18H22N2O.ClH/c1-3-15-9-11-16(12-10-15)14(2)20-18(21)13-19-17-7-5-4-6-8-17;/h4-12,14,19H,3,13H2,1-2H3,(H,20,21);1H. The predicted octanol–water partition coefficient (Wildman–Crippen LogP) is 3.96. The summed E-state index contributed by atoms with van der Waals surface area (Å²) in [4.78, 5) is 11.9. The molecule has 1 amide bonds. The van der Waals surface area contributed by atoms with Crippen LogP contribution in [0.15, 0.2) is 54.6 Å². The van der Waals surface area contributed by atoms with E-state index in [0.29, 0.717) is 0 Å². The molecule has 0 bridgehead atoms. The lowest BCUT2D eigenvalue weighted by Gasteiger charge is -2.15. The summed E-state index contributed by atoms with van der Waals surface area (Å²) < 4.78 is 0. The number of halogens is 1. The lowest BCUT2D eigenvalue weighted by atomic mass is 10.1. The normalized spacial score (nSPS) is 11.2. The molecule has 0 aromatic heterocycles. The monoisotopic (exact) mass is 318 g/mol. The number of hydrogen-bond donors (Lipinski definition) is 2. The zero-order chi connectivity index (χ0) is 15.1. The Hall–Kier alpha value is -2.00. The van der Waals surface area contributed by atoms with Crippen molar-refractivity contribution in [3.05, 3.63) is 65.7 Å². The second-order valence-electron chi connectivity index (χ2n) is 5.10. The first kappa shape index (κ1) is 18.1. The van der Waals surface area contributed by atoms with Gasteiger partial charge in [0, 0.05) is 5.69 Å². The number of carbonyl (C=O) groups excluding carboxylic acids is 1. The maximum Gasteiger partial charge on any atom is 0.239 e. The van der Waals surface area contributed by atoms with Gasteiger partial charge in [-0.3, -0.25) is 4.79 Å². The molecule has 0 saturated heterocycles. The van der Waals surface area contributed by atoms with E-state index >= 15 is 0 Å². The number of anilines is 1. The molecular formula is C18H23ClN2O. The molecule has 2 N–H and O–H groups in total. The molecule has 118 valence electrons. The SMILES string of the molecule is CCc1ccc(C(C)NC(=O)CNc2ccccc2)cc1.Cl. The third kappa shape index (κ3) is 5.41. The van der Waals surface area contributed by atoms with E-state index in [1.807, 2.05) is 37.3 Å². The number of nitrogens with one attached hydrogen (secondary N) is 2. The number of hydrogen-bond acceptors (Lipinski definition) is 2. The van der Waals surface area contributed by atoms with Gasteiger partial charge in [-0.2, -0.15) is 0 Å². The van der Waals surface area contributed by atoms with Gasteiger partial charge in [0.05, 0.1) is 12.6 Å². The molecule has 2 rings (SSSR count). The highest BCUT2D eigenvalue weighted by Crippen LogP contribution is 2.13. The van der Waals surface area contributed by atoms with E-state index in [9.17, 15) is 4.79 Å². The number of amides is 1. The van der Waals surface area contributed by atoms with Crippen LogP contribution < -0.4 is 10.6 Å². The van der Waals surface area contributed by atoms with Gasteiger partial charge in [-0.25, -0.2) is 0 Å². The van der Waals surface area contributed by atoms with E-state index in [-0.39, 0.29) is 30.9 Å². The van der Waals surface area contributed by atoms with Crippen molar-refractivity contribution < 1.29 is 4.79 Å². The largest absolute Gasteiger partial charge is 0.376 e. The maximum absolute atomic E-state index is 11.9. The maximum atomic E-state index is 11.9. The molecule has 0 heterocycles. The highest BCUT2D eigenvalue weighted by atomic mass is 35.5. The first-order chi connectivity index (χ1) is 10.2. The average molecular weight is 319 g/mol. The summed E-state index contributed by atoms with van der Waals surface area (Å²) >= 11 is 0. The van der Waals surface area contributed by atoms with Crippen molar-refractivity contribution in [1.82, 2.24) is 5.32 Å². The molecule has 1 unspecified atom stereocenters. The van der Waals surface area contributed by atoms with Gasteiger partial charge in [-0.1, -0.05) is 49.4 Å². The number of aryl methyl sites for hydroxylation is 1. The summed E-state index contributed by atoms with van der Waals surface area (Å²) in [5.41, 5.74) is 3.39. The molecule has 0 aliphatic carbocycles. The van der Waals surface area contributed by atoms with Gasteiger partial charge in [0.15, 0.2) is 0 Å². The van der Waals surface area contributed by atoms with Crippen molar-refractivity contribution in [2.45, 2.75) is 26.3 Å². The van der Waals surface area contributed by atoms with Gasteiger partial charge in [-0.05, 0) is 36.6 Å². The molecule has 4 heteroatoms. The molecule has 2 aromatic rings. The first-order valence-electron chi connectivity index (χ1n) is 7.36. The fraction of sp³-hybridized carbons (Fsp3) is 0.278. The van der Waals surface area contributed by atoms with E-state index in [4.69, 9.17) is 0 Å². The zero-order valence-electron chi connectivity index (χ0n) is 13.0. The van der Waals surface area contributed by atoms with Gasteiger partial charge >= 0.3 is 0 Å². The van der Waals surface area contributed by atoms with Crippen molar-refractivity contribution in [3.63, 3.8) is 0 Å². The third-order valence-corrected chi connectivity index (χ3v) is 3.49. The number of carbonyl (C=O) groups is 1. The summed E-state index contributed by atoms with van der Waals surface area (Å²) in [5, 5.41) is 6.11. The van der Waals surface area contributed by atoms with Crippen molar-refractivity contribution in [1.29, 1.82) is 0 Å². The highest BCUT2D eigenvalue weighted by molar-refractivity contribution is 5.85. The van der Waals surface area contributed by atoms with Crippen molar-refractivity contribution in [3.8, 4) is 0 Å². The molecular weight excluding hydrogens is 296 g/mol. The number of rotatable bonds is 6. The second kappa shape index (κ2) is 9.11. The Morgan fingerprint density at radius 1 is 1.05 bits per heavy atom. The van der Waals surface area contributed by atoms with Gasteiger partial charge in [-0.15, -0.1) is 12.4 Å². The Morgan fingerprint density at radius 3 is 2.27 bits per heavy atom. The fourth-order valence-electron chi connectivity index (χ4n) is 2.16. The van der Waals surface area contributed by atoms with Crippen LogP contribution in [0.2, 0.25) is 0 Å². The summed E-state index contributed by atoms with van der Waals surface area (Å²) in [6.07, 6.45) is 1.03. The van der Waals surface area contributed by atoms with Crippen LogP contribution in [0, 0.1) is 0 Å². The van der Waals surface area contributed by atoms with Gasteiger partial charge in [0.1, 0.15) is 0 Å². The molecule has 0 aliphatic heterocycles. The summed E-state index contributed by atoms with van der Waals surface area (Å²) in [6, 6.07) is 18.1. The quantitative estimate of drug-likeness (QED) is 0.846. The average Bonchev–Trinajstić information content (AvgIpc) is 2.54. The van der Waals surface area contributed by atoms with Gasteiger partial charge in [0.2, 0.25) is 5.91 Å². The molecule has 2 aromatic carbocycles. The van der Waals surface area contributed by atoms with E-state index in [2.05, 4.69) is 41.8 Å². The van der Waals surface area contributed by atoms with E-state index in [1.54, 1.807) is 0 Å². The minimum Gasteiger partial charge on any atom is -0.376 e. The van der Waals surface area contributed by atoms with E-state index in [0.717, 1.165) is 17.7 Å². The van der Waals surface area contributed by atoms with Gasteiger partial charge in [0.25, 0.3) is 0 Å². The van der Waals surface area contributed by atoms with Crippen LogP contribution in [-0.4, -0.2) is 12.5 Å². The van der Waals surface area contributed by atoms with Crippen LogP contribution in [-0.2, 0) is 11.2 Å². The Balaban J connectivity index is 0.00000242. The molecule has 0 spiro atoms. The van der Waals surface area contributed by atoms with Crippen molar-refractivity contribution in [2.24, 2.45) is 0 Å². The second-order valence-corrected chi connectivity index (χ2v) is 5.10. The van der Waals surface area contributed by atoms with Crippen LogP contribution >= 0.6 is 12.4 Å². The third-order valence-electron chi connectivity index (χ3n) is 3.49. The smallest absolute Gasteiger partial charge is 0.239 e. The number of benzene rings is 2. The lowest BCUT2D eigenvalue weighted by molar-refractivity contribution is -0.120. The predicted molar refractivity (Wildman–Crippen MR) is 94.6 cm³/mol. The summed E-state index contributed by atoms with van der Waals surface area (Å²) in [7, 11) is 0. The molecule has 0 saturated carbocycles. The van der Waals surface area contributed by atoms with Crippen molar-refractivity contribution >= 4 is 24.0 Å². The Kier molecular flexibility index (Phi) is 7.47. The minimum absolute atomic E-state index is 0. The van der Waals surface area contributed by atoms with Gasteiger partial charge < -0.3 is 10.6 Å². The molecule has 3 nitrogen and oxygen atoms in total. The van der Waals surface area contributed by atoms with Crippen molar-refractivity contribution in [2.75, 3.05) is 11.9 Å². The molecule has 1 atom stereocenters. The molecule has 0 fully saturated rings. The number of para-hydroxylation sites is 1. The molecule has 0 aliphatic rings. The lowest BCUT2D eigenvalue weighted by Crippen LogP contribution is -2.32. The van der Waals surface area contributed by atoms with Crippen LogP contribution in [0.4, 0.5) is 5.69 Å². The molecule has 22 heavy (non-hydrogen) atoms. The zero-order valence-corrected chi connectivity index (χ0v) is 13.8. The fourth-order valence-corrected chi connectivity index (χ4v) is 2.16. The Labute approximate surface area is 138 Å². The Bertz CT molecular complexity index is 569. The van der Waals surface area contributed by atoms with Crippen LogP contribution in [0.1, 0.15) is 31.0 Å². The first-order valence-corrected chi connectivity index (χ1v) is 7.36. The summed E-state index contributed by atoms with van der Waals surface area (Å²) in [5.74, 6) is -0.00841. The Morgan fingerprint density at radius 2 is 1.68 bits per heavy atom. The summed E-state index contributed by atoms with van der Waals surface area (Å²) in [6.45, 7) is 4.41. The topological polar surface area (TPSA) is 41.1 Å². The van der Waals surface area contributed by atoms with Crippen LogP contribution in [0.25, 0.3) is 0 Å².